The molecule has 0 saturated carbocycles. The highest BCUT2D eigenvalue weighted by atomic mass is 32.2. The molecule has 0 amide bonds. The summed E-state index contributed by atoms with van der Waals surface area (Å²) in [6.07, 6.45) is 5.75. The number of hydrogen-bond donors (Lipinski definition) is 1. The van der Waals surface area contributed by atoms with Gasteiger partial charge in [0.2, 0.25) is 0 Å². The van der Waals surface area contributed by atoms with Crippen molar-refractivity contribution < 1.29 is 0 Å². The van der Waals surface area contributed by atoms with E-state index in [1.165, 1.54) is 4.90 Å². The standard InChI is InChI=1S/C9H14N2S/c1-7(2)11-8-6-10-5-4-9(8)12-3/h4-7,11H,1-3H3. The van der Waals surface area contributed by atoms with Crippen LogP contribution in [-0.2, 0) is 0 Å². The maximum atomic E-state index is 4.07. The molecule has 1 aromatic heterocycles. The van der Waals surface area contributed by atoms with Crippen molar-refractivity contribution in [2.75, 3.05) is 11.6 Å². The Bertz CT molecular complexity index is 248. The minimum atomic E-state index is 0.458. The maximum absolute atomic E-state index is 4.07. The van der Waals surface area contributed by atoms with Crippen molar-refractivity contribution in [1.29, 1.82) is 0 Å². The molecule has 1 rings (SSSR count). The minimum absolute atomic E-state index is 0.458. The number of thioether (sulfide) groups is 1. The summed E-state index contributed by atoms with van der Waals surface area (Å²) in [7, 11) is 0. The molecule has 1 heterocycles. The van der Waals surface area contributed by atoms with E-state index < -0.39 is 0 Å². The van der Waals surface area contributed by atoms with E-state index in [0.29, 0.717) is 6.04 Å². The average molecular weight is 182 g/mol. The lowest BCUT2D eigenvalue weighted by Gasteiger charge is -2.12. The summed E-state index contributed by atoms with van der Waals surface area (Å²) in [5.41, 5.74) is 1.12. The molecule has 3 heteroatoms. The van der Waals surface area contributed by atoms with Gasteiger partial charge in [-0.15, -0.1) is 11.8 Å². The van der Waals surface area contributed by atoms with Gasteiger partial charge in [-0.2, -0.15) is 0 Å². The summed E-state index contributed by atoms with van der Waals surface area (Å²) in [5, 5.41) is 3.34. The first-order valence-electron chi connectivity index (χ1n) is 3.98. The molecule has 1 N–H and O–H groups in total. The molecule has 0 bridgehead atoms. The highest BCUT2D eigenvalue weighted by molar-refractivity contribution is 7.98. The Morgan fingerprint density at radius 1 is 1.50 bits per heavy atom. The first-order chi connectivity index (χ1) is 5.74. The molecule has 0 radical (unpaired) electrons. The monoisotopic (exact) mass is 182 g/mol. The van der Waals surface area contributed by atoms with Gasteiger partial charge in [-0.3, -0.25) is 4.98 Å². The van der Waals surface area contributed by atoms with Crippen LogP contribution in [0.1, 0.15) is 13.8 Å². The summed E-state index contributed by atoms with van der Waals surface area (Å²) < 4.78 is 0. The van der Waals surface area contributed by atoms with Crippen molar-refractivity contribution in [1.82, 2.24) is 4.98 Å². The smallest absolute Gasteiger partial charge is 0.0666 e. The van der Waals surface area contributed by atoms with Crippen LogP contribution in [-0.4, -0.2) is 17.3 Å². The van der Waals surface area contributed by atoms with Gasteiger partial charge in [0.05, 0.1) is 11.9 Å². The first kappa shape index (κ1) is 9.39. The predicted octanol–water partition coefficient (Wildman–Crippen LogP) is 2.62. The van der Waals surface area contributed by atoms with Gasteiger partial charge in [0.15, 0.2) is 0 Å². The largest absolute Gasteiger partial charge is 0.381 e. The van der Waals surface area contributed by atoms with E-state index >= 15 is 0 Å². The average Bonchev–Trinajstić information content (AvgIpc) is 2.04. The number of rotatable bonds is 3. The third-order valence-electron chi connectivity index (χ3n) is 1.45. The molecule has 0 atom stereocenters. The second-order valence-corrected chi connectivity index (χ2v) is 3.72. The molecule has 0 aliphatic heterocycles. The number of aromatic nitrogens is 1. The van der Waals surface area contributed by atoms with Crippen molar-refractivity contribution in [2.24, 2.45) is 0 Å². The maximum Gasteiger partial charge on any atom is 0.0666 e. The van der Waals surface area contributed by atoms with Gasteiger partial charge in [0.1, 0.15) is 0 Å². The van der Waals surface area contributed by atoms with Crippen molar-refractivity contribution >= 4 is 17.4 Å². The van der Waals surface area contributed by atoms with Crippen LogP contribution in [0.5, 0.6) is 0 Å². The zero-order valence-corrected chi connectivity index (χ0v) is 8.48. The fourth-order valence-electron chi connectivity index (χ4n) is 0.979. The van der Waals surface area contributed by atoms with Gasteiger partial charge in [-0.25, -0.2) is 0 Å². The van der Waals surface area contributed by atoms with E-state index in [1.54, 1.807) is 11.8 Å². The number of nitrogens with zero attached hydrogens (tertiary/aromatic N) is 1. The van der Waals surface area contributed by atoms with Crippen LogP contribution in [0.25, 0.3) is 0 Å². The summed E-state index contributed by atoms with van der Waals surface area (Å²) in [6, 6.07) is 2.48. The number of nitrogens with one attached hydrogen (secondary N) is 1. The van der Waals surface area contributed by atoms with E-state index in [4.69, 9.17) is 0 Å². The highest BCUT2D eigenvalue weighted by Gasteiger charge is 2.00. The Balaban J connectivity index is 2.82. The summed E-state index contributed by atoms with van der Waals surface area (Å²) in [4.78, 5) is 5.32. The molecule has 2 nitrogen and oxygen atoms in total. The first-order valence-corrected chi connectivity index (χ1v) is 5.21. The molecule has 66 valence electrons. The van der Waals surface area contributed by atoms with Crippen LogP contribution in [0.2, 0.25) is 0 Å². The Morgan fingerprint density at radius 2 is 2.25 bits per heavy atom. The minimum Gasteiger partial charge on any atom is -0.381 e. The molecule has 0 unspecified atom stereocenters. The normalized spacial score (nSPS) is 10.3. The van der Waals surface area contributed by atoms with E-state index in [-0.39, 0.29) is 0 Å². The van der Waals surface area contributed by atoms with Crippen molar-refractivity contribution in [2.45, 2.75) is 24.8 Å². The van der Waals surface area contributed by atoms with E-state index in [2.05, 4.69) is 30.4 Å². The third kappa shape index (κ3) is 2.41. The number of anilines is 1. The van der Waals surface area contributed by atoms with Crippen molar-refractivity contribution in [3.05, 3.63) is 18.5 Å². The molecule has 12 heavy (non-hydrogen) atoms. The Morgan fingerprint density at radius 3 is 2.83 bits per heavy atom. The lowest BCUT2D eigenvalue weighted by molar-refractivity contribution is 0.891. The molecule has 0 fully saturated rings. The topological polar surface area (TPSA) is 24.9 Å². The summed E-state index contributed by atoms with van der Waals surface area (Å²) >= 11 is 1.73. The van der Waals surface area contributed by atoms with Crippen molar-refractivity contribution in [3.63, 3.8) is 0 Å². The van der Waals surface area contributed by atoms with Crippen LogP contribution in [0.15, 0.2) is 23.4 Å². The Kier molecular flexibility index (Phi) is 3.41. The van der Waals surface area contributed by atoms with E-state index in [0.717, 1.165) is 5.69 Å². The predicted molar refractivity (Wildman–Crippen MR) is 54.8 cm³/mol. The summed E-state index contributed by atoms with van der Waals surface area (Å²) in [6.45, 7) is 4.24. The SMILES string of the molecule is CSc1ccncc1NC(C)C. The van der Waals surface area contributed by atoms with E-state index in [1.807, 2.05) is 18.5 Å². The van der Waals surface area contributed by atoms with Gasteiger partial charge in [0, 0.05) is 17.1 Å². The molecule has 0 aliphatic rings. The molecule has 0 saturated heterocycles. The van der Waals surface area contributed by atoms with Gasteiger partial charge in [-0.05, 0) is 26.2 Å². The lowest BCUT2D eigenvalue weighted by Crippen LogP contribution is -2.10. The fraction of sp³-hybridized carbons (Fsp3) is 0.444. The van der Waals surface area contributed by atoms with Gasteiger partial charge < -0.3 is 5.32 Å². The molecule has 1 aromatic rings. The molecular weight excluding hydrogens is 168 g/mol. The zero-order valence-electron chi connectivity index (χ0n) is 7.66. The number of hydrogen-bond acceptors (Lipinski definition) is 3. The van der Waals surface area contributed by atoms with Crippen molar-refractivity contribution in [3.8, 4) is 0 Å². The third-order valence-corrected chi connectivity index (χ3v) is 2.24. The second-order valence-electron chi connectivity index (χ2n) is 2.87. The Hall–Kier alpha value is -0.700. The van der Waals surface area contributed by atoms with Gasteiger partial charge in [-0.1, -0.05) is 0 Å². The quantitative estimate of drug-likeness (QED) is 0.727. The second kappa shape index (κ2) is 4.36. The molecule has 0 aromatic carbocycles. The Labute approximate surface area is 77.8 Å². The molecule has 0 spiro atoms. The van der Waals surface area contributed by atoms with Crippen LogP contribution >= 0.6 is 11.8 Å². The van der Waals surface area contributed by atoms with Gasteiger partial charge >= 0.3 is 0 Å². The molecule has 0 aliphatic carbocycles. The highest BCUT2D eigenvalue weighted by Crippen LogP contribution is 2.23. The molecular formula is C9H14N2S. The van der Waals surface area contributed by atoms with Gasteiger partial charge in [0.25, 0.3) is 0 Å². The lowest BCUT2D eigenvalue weighted by atomic mass is 10.3. The summed E-state index contributed by atoms with van der Waals surface area (Å²) in [5.74, 6) is 0. The van der Waals surface area contributed by atoms with Crippen LogP contribution < -0.4 is 5.32 Å². The van der Waals surface area contributed by atoms with Crippen LogP contribution in [0.4, 0.5) is 5.69 Å². The van der Waals surface area contributed by atoms with Crippen LogP contribution in [0.3, 0.4) is 0 Å². The van der Waals surface area contributed by atoms with Crippen LogP contribution in [0, 0.1) is 0 Å². The fourth-order valence-corrected chi connectivity index (χ4v) is 1.51. The zero-order chi connectivity index (χ0) is 8.97. The number of pyridine rings is 1. The van der Waals surface area contributed by atoms with E-state index in [9.17, 15) is 0 Å².